The number of allylic oxidation sites excluding steroid dienone is 7. The van der Waals surface area contributed by atoms with Crippen molar-refractivity contribution >= 4 is 38.5 Å². The predicted molar refractivity (Wildman–Crippen MR) is 168 cm³/mol. The van der Waals surface area contributed by atoms with E-state index in [0.717, 1.165) is 44.4 Å². The molecule has 0 aliphatic heterocycles. The molecule has 1 aliphatic carbocycles. The molecule has 0 saturated heterocycles. The Kier molecular flexibility index (Phi) is 7.54. The Labute approximate surface area is 266 Å². The van der Waals surface area contributed by atoms with E-state index in [1.807, 2.05) is 71.0 Å². The van der Waals surface area contributed by atoms with Crippen molar-refractivity contribution < 1.29 is 30.4 Å². The number of aryl methyl sites for hydroxylation is 1. The minimum atomic E-state index is 0. The van der Waals surface area contributed by atoms with Crippen molar-refractivity contribution in [3.05, 3.63) is 139 Å². The van der Waals surface area contributed by atoms with Gasteiger partial charge in [-0.1, -0.05) is 80.5 Å². The fraction of sp³-hybridized carbons (Fsp3) is 0.135. The van der Waals surface area contributed by atoms with Crippen molar-refractivity contribution in [3.63, 3.8) is 0 Å². The first-order chi connectivity index (χ1) is 20.4. The summed E-state index contributed by atoms with van der Waals surface area (Å²) in [5.41, 5.74) is 6.16. The Hall–Kier alpha value is -4.47. The van der Waals surface area contributed by atoms with Gasteiger partial charge in [0, 0.05) is 44.3 Å². The Morgan fingerprint density at radius 2 is 1.65 bits per heavy atom. The van der Waals surface area contributed by atoms with Gasteiger partial charge >= 0.3 is 0 Å². The summed E-state index contributed by atoms with van der Waals surface area (Å²) in [6.07, 6.45) is 18.6. The van der Waals surface area contributed by atoms with Crippen molar-refractivity contribution in [1.29, 1.82) is 0 Å². The van der Waals surface area contributed by atoms with Crippen LogP contribution in [-0.2, 0) is 33.5 Å². The first-order valence-corrected chi connectivity index (χ1v) is 14.1. The van der Waals surface area contributed by atoms with Gasteiger partial charge in [-0.05, 0) is 34.6 Å². The monoisotopic (exact) mass is 741 g/mol. The second kappa shape index (κ2) is 11.3. The average molecular weight is 742 g/mol. The second-order valence-corrected chi connectivity index (χ2v) is 11.5. The van der Waals surface area contributed by atoms with Crippen molar-refractivity contribution in [2.75, 3.05) is 0 Å². The van der Waals surface area contributed by atoms with E-state index in [4.69, 9.17) is 9.72 Å². The number of imidazole rings is 1. The zero-order valence-electron chi connectivity index (χ0n) is 24.4. The zero-order chi connectivity index (χ0) is 28.8. The topological polar surface area (TPSA) is 35.9 Å². The number of nitrogens with zero attached hydrogens (tertiary/aromatic N) is 4. The van der Waals surface area contributed by atoms with E-state index in [1.54, 1.807) is 0 Å². The van der Waals surface area contributed by atoms with E-state index in [2.05, 4.69) is 98.4 Å². The Morgan fingerprint density at radius 3 is 2.49 bits per heavy atom. The molecule has 3 aromatic heterocycles. The molecule has 0 radical (unpaired) electrons. The van der Waals surface area contributed by atoms with Gasteiger partial charge in [-0.25, -0.2) is 4.98 Å². The molecule has 0 fully saturated rings. The largest absolute Gasteiger partial charge is 0.510 e. The number of hydrogen-bond acceptors (Lipinski definition) is 2. The quantitative estimate of drug-likeness (QED) is 0.138. The number of fused-ring (bicyclic) bond motifs is 4. The van der Waals surface area contributed by atoms with Crippen molar-refractivity contribution in [2.24, 2.45) is 7.05 Å². The van der Waals surface area contributed by atoms with Crippen LogP contribution in [0.25, 0.3) is 44.4 Å². The third-order valence-corrected chi connectivity index (χ3v) is 7.57. The maximum absolute atomic E-state index is 6.46. The normalized spacial score (nSPS) is 17.4. The fourth-order valence-corrected chi connectivity index (χ4v) is 5.43. The first kappa shape index (κ1) is 28.6. The molecule has 0 atom stereocenters. The third-order valence-electron chi connectivity index (χ3n) is 7.57. The smallest absolute Gasteiger partial charge is 0.242 e. The Balaban J connectivity index is 0.00000329. The molecule has 0 spiro atoms. The second-order valence-electron chi connectivity index (χ2n) is 11.5. The molecule has 6 aromatic rings. The number of ether oxygens (including phenoxy) is 1. The molecule has 5 nitrogen and oxygen atoms in total. The molecule has 216 valence electrons. The number of rotatable bonds is 4. The fourth-order valence-electron chi connectivity index (χ4n) is 5.43. The first-order valence-electron chi connectivity index (χ1n) is 14.1. The molecule has 3 aromatic carbocycles. The van der Waals surface area contributed by atoms with Crippen molar-refractivity contribution in [2.45, 2.75) is 26.2 Å². The van der Waals surface area contributed by atoms with E-state index in [0.29, 0.717) is 11.5 Å². The summed E-state index contributed by atoms with van der Waals surface area (Å²) >= 11 is 0. The number of para-hydroxylation sites is 3. The van der Waals surface area contributed by atoms with Crippen LogP contribution >= 0.6 is 0 Å². The van der Waals surface area contributed by atoms with Gasteiger partial charge in [0.15, 0.2) is 0 Å². The van der Waals surface area contributed by atoms with Crippen LogP contribution in [0.4, 0.5) is 0 Å². The molecule has 1 aliphatic rings. The maximum Gasteiger partial charge on any atom is 0.242 e. The zero-order valence-corrected chi connectivity index (χ0v) is 26.7. The van der Waals surface area contributed by atoms with Crippen LogP contribution in [0.2, 0.25) is 0 Å². The number of benzene rings is 3. The molecule has 0 N–H and O–H groups in total. The molecule has 0 unspecified atom stereocenters. The van der Waals surface area contributed by atoms with E-state index in [-0.39, 0.29) is 26.5 Å². The Bertz CT molecular complexity index is 2120. The van der Waals surface area contributed by atoms with Crippen LogP contribution in [0.5, 0.6) is 5.75 Å². The SMILES string of the molecule is Cn1[c-][n+](C2=C/C=C\C=C/C(Oc3[c-]c4c(cc3)c3ccccc3n4-c3cc(C(C)(C)C)ccn3)=[C-]\2)c2ccccc21.[Pt]. The van der Waals surface area contributed by atoms with Crippen LogP contribution in [0.3, 0.4) is 0 Å². The molecule has 7 rings (SSSR count). The minimum absolute atomic E-state index is 0. The minimum Gasteiger partial charge on any atom is -0.510 e. The van der Waals surface area contributed by atoms with Crippen LogP contribution in [0.1, 0.15) is 26.3 Å². The Morgan fingerprint density at radius 1 is 0.860 bits per heavy atom. The summed E-state index contributed by atoms with van der Waals surface area (Å²) in [5.74, 6) is 2.03. The number of hydrogen-bond donors (Lipinski definition) is 0. The van der Waals surface area contributed by atoms with Crippen LogP contribution in [0.15, 0.2) is 115 Å². The van der Waals surface area contributed by atoms with Gasteiger partial charge in [0.2, 0.25) is 6.33 Å². The number of pyridine rings is 1. The van der Waals surface area contributed by atoms with Crippen LogP contribution < -0.4 is 9.30 Å². The van der Waals surface area contributed by atoms with Gasteiger partial charge in [-0.3, -0.25) is 0 Å². The maximum atomic E-state index is 6.46. The van der Waals surface area contributed by atoms with Gasteiger partial charge in [-0.15, -0.1) is 41.8 Å². The van der Waals surface area contributed by atoms with E-state index >= 15 is 0 Å². The van der Waals surface area contributed by atoms with Gasteiger partial charge in [0.05, 0.1) is 18.1 Å². The van der Waals surface area contributed by atoms with Crippen molar-refractivity contribution in [3.8, 4) is 11.6 Å². The van der Waals surface area contributed by atoms with Gasteiger partial charge < -0.3 is 18.4 Å². The number of aromatic nitrogens is 4. The van der Waals surface area contributed by atoms with Crippen LogP contribution in [0, 0.1) is 18.5 Å². The summed E-state index contributed by atoms with van der Waals surface area (Å²) in [7, 11) is 1.99. The summed E-state index contributed by atoms with van der Waals surface area (Å²) in [5, 5.41) is 2.24. The summed E-state index contributed by atoms with van der Waals surface area (Å²) in [6.45, 7) is 6.65. The molecule has 0 bridgehead atoms. The molecule has 3 heterocycles. The summed E-state index contributed by atoms with van der Waals surface area (Å²) < 4.78 is 12.6. The summed E-state index contributed by atoms with van der Waals surface area (Å²) in [6, 6.07) is 28.5. The van der Waals surface area contributed by atoms with Crippen LogP contribution in [-0.4, -0.2) is 14.1 Å². The molecular weight excluding hydrogens is 712 g/mol. The average Bonchev–Trinajstić information content (AvgIpc) is 3.48. The van der Waals surface area contributed by atoms with Gasteiger partial charge in [0.25, 0.3) is 0 Å². The van der Waals surface area contributed by atoms with Gasteiger partial charge in [0.1, 0.15) is 5.82 Å². The molecule has 0 saturated carbocycles. The standard InChI is InChI=1S/C37H30N4O.Pt/c1-37(2,3)26-20-21-38-36(22-26)41-32-15-9-8-14-30(32)31-19-18-29(24-35(31)41)42-28-13-7-5-6-12-27(23-28)40-25-39(4)33-16-10-11-17-34(33)40;/h5-22H,1-4H3;/q-2;/b6-5-,7-5?,12-6?,13-7-,27-12+,28-13?;. The van der Waals surface area contributed by atoms with Gasteiger partial charge in [-0.2, -0.15) is 12.1 Å². The molecule has 0 amide bonds. The summed E-state index contributed by atoms with van der Waals surface area (Å²) in [4.78, 5) is 4.78. The van der Waals surface area contributed by atoms with Crippen molar-refractivity contribution in [1.82, 2.24) is 14.1 Å². The molecule has 6 heteroatoms. The predicted octanol–water partition coefficient (Wildman–Crippen LogP) is 7.59. The molecular formula is C37H30N4OPt-2. The molecule has 43 heavy (non-hydrogen) atoms. The van der Waals surface area contributed by atoms with E-state index in [1.165, 1.54) is 5.56 Å². The van der Waals surface area contributed by atoms with E-state index < -0.39 is 0 Å². The van der Waals surface area contributed by atoms with E-state index in [9.17, 15) is 0 Å². The third kappa shape index (κ3) is 5.30.